The van der Waals surface area contributed by atoms with Crippen LogP contribution < -0.4 is 4.74 Å². The lowest BCUT2D eigenvalue weighted by Crippen LogP contribution is -2.18. The lowest BCUT2D eigenvalue weighted by atomic mass is 10.1. The van der Waals surface area contributed by atoms with Crippen LogP contribution in [0.3, 0.4) is 0 Å². The molecule has 1 aromatic carbocycles. The number of benzene rings is 1. The van der Waals surface area contributed by atoms with Crippen LogP contribution in [0.2, 0.25) is 0 Å². The van der Waals surface area contributed by atoms with Gasteiger partial charge in [0.05, 0.1) is 17.8 Å². The Labute approximate surface area is 171 Å². The van der Waals surface area contributed by atoms with Gasteiger partial charge in [-0.1, -0.05) is 0 Å². The first kappa shape index (κ1) is 21.1. The molecule has 6 heteroatoms. The Morgan fingerprint density at radius 3 is 2.55 bits per heavy atom. The second-order valence-corrected chi connectivity index (χ2v) is 7.72. The summed E-state index contributed by atoms with van der Waals surface area (Å²) >= 11 is 0. The molecule has 1 aliphatic rings. The molecule has 29 heavy (non-hydrogen) atoms. The van der Waals surface area contributed by atoms with Crippen molar-refractivity contribution in [1.82, 2.24) is 4.57 Å². The van der Waals surface area contributed by atoms with Gasteiger partial charge in [-0.2, -0.15) is 0 Å². The van der Waals surface area contributed by atoms with E-state index in [2.05, 4.69) is 4.57 Å². The van der Waals surface area contributed by atoms with Crippen LogP contribution in [-0.4, -0.2) is 41.7 Å². The molecule has 6 nitrogen and oxygen atoms in total. The van der Waals surface area contributed by atoms with Crippen LogP contribution in [0, 0.1) is 13.8 Å². The third-order valence-corrected chi connectivity index (χ3v) is 5.08. The van der Waals surface area contributed by atoms with Crippen molar-refractivity contribution in [2.75, 3.05) is 13.2 Å². The van der Waals surface area contributed by atoms with Crippen molar-refractivity contribution in [1.29, 1.82) is 0 Å². The highest BCUT2D eigenvalue weighted by molar-refractivity contribution is 6.00. The number of carbonyl (C=O) groups is 2. The second-order valence-electron chi connectivity index (χ2n) is 7.72. The van der Waals surface area contributed by atoms with Crippen LogP contribution in [0.5, 0.6) is 5.75 Å². The van der Waals surface area contributed by atoms with Crippen LogP contribution in [0.4, 0.5) is 0 Å². The lowest BCUT2D eigenvalue weighted by Gasteiger charge is -2.14. The van der Waals surface area contributed by atoms with E-state index in [1.807, 2.05) is 33.8 Å². The third kappa shape index (κ3) is 5.26. The monoisotopic (exact) mass is 399 g/mol. The first-order valence-corrected chi connectivity index (χ1v) is 10.1. The molecular weight excluding hydrogens is 370 g/mol. The predicted molar refractivity (Wildman–Crippen MR) is 110 cm³/mol. The molecule has 0 N–H and O–H groups in total. The predicted octanol–water partition coefficient (Wildman–Crippen LogP) is 4.11. The smallest absolute Gasteiger partial charge is 0.338 e. The van der Waals surface area contributed by atoms with Crippen LogP contribution in [-0.2, 0) is 16.0 Å². The fourth-order valence-corrected chi connectivity index (χ4v) is 3.59. The number of nitrogens with zero attached hydrogens (tertiary/aromatic N) is 1. The van der Waals surface area contributed by atoms with Gasteiger partial charge in [-0.05, 0) is 70.9 Å². The minimum Gasteiger partial charge on any atom is -0.491 e. The van der Waals surface area contributed by atoms with Crippen LogP contribution in [0.25, 0.3) is 0 Å². The molecule has 2 aromatic rings. The Balaban J connectivity index is 1.59. The van der Waals surface area contributed by atoms with Gasteiger partial charge in [-0.15, -0.1) is 0 Å². The van der Waals surface area contributed by atoms with Crippen LogP contribution in [0.15, 0.2) is 30.3 Å². The van der Waals surface area contributed by atoms with Gasteiger partial charge in [0.1, 0.15) is 5.75 Å². The molecule has 2 heterocycles. The molecule has 1 saturated heterocycles. The zero-order chi connectivity index (χ0) is 21.0. The normalized spacial score (nSPS) is 16.2. The SMILES string of the molecule is Cc1cc(C(=O)COC(=O)c2ccc(OC(C)C)cc2)c(C)n1C[C@@H]1CCCO1. The second kappa shape index (κ2) is 9.27. The molecular formula is C23H29NO5. The quantitative estimate of drug-likeness (QED) is 0.494. The van der Waals surface area contributed by atoms with E-state index in [1.54, 1.807) is 24.3 Å². The number of rotatable bonds is 8. The van der Waals surface area contributed by atoms with E-state index in [4.69, 9.17) is 14.2 Å². The molecule has 0 bridgehead atoms. The third-order valence-electron chi connectivity index (χ3n) is 5.08. The Hall–Kier alpha value is -2.60. The van der Waals surface area contributed by atoms with E-state index in [-0.39, 0.29) is 24.6 Å². The van der Waals surface area contributed by atoms with Crippen molar-refractivity contribution in [3.63, 3.8) is 0 Å². The molecule has 1 atom stereocenters. The van der Waals surface area contributed by atoms with Gasteiger partial charge < -0.3 is 18.8 Å². The van der Waals surface area contributed by atoms with Gasteiger partial charge in [-0.3, -0.25) is 4.79 Å². The Bertz CT molecular complexity index is 860. The van der Waals surface area contributed by atoms with Crippen molar-refractivity contribution in [2.45, 2.75) is 59.3 Å². The summed E-state index contributed by atoms with van der Waals surface area (Å²) in [4.78, 5) is 24.9. The van der Waals surface area contributed by atoms with Gasteiger partial charge in [0.2, 0.25) is 5.78 Å². The molecule has 1 aliphatic heterocycles. The van der Waals surface area contributed by atoms with Crippen LogP contribution in [0.1, 0.15) is 58.8 Å². The van der Waals surface area contributed by atoms with Crippen LogP contribution >= 0.6 is 0 Å². The minimum atomic E-state index is -0.525. The molecule has 1 aromatic heterocycles. The van der Waals surface area contributed by atoms with Crippen molar-refractivity contribution >= 4 is 11.8 Å². The Morgan fingerprint density at radius 1 is 1.21 bits per heavy atom. The fourth-order valence-electron chi connectivity index (χ4n) is 3.59. The van der Waals surface area contributed by atoms with E-state index < -0.39 is 5.97 Å². The molecule has 0 spiro atoms. The number of aromatic nitrogens is 1. The molecule has 0 unspecified atom stereocenters. The average molecular weight is 399 g/mol. The summed E-state index contributed by atoms with van der Waals surface area (Å²) < 4.78 is 18.6. The van der Waals surface area contributed by atoms with Gasteiger partial charge in [-0.25, -0.2) is 4.79 Å². The van der Waals surface area contributed by atoms with Gasteiger partial charge in [0, 0.05) is 30.1 Å². The number of ketones is 1. The number of hydrogen-bond acceptors (Lipinski definition) is 5. The highest BCUT2D eigenvalue weighted by Crippen LogP contribution is 2.21. The summed E-state index contributed by atoms with van der Waals surface area (Å²) in [6, 6.07) is 8.57. The highest BCUT2D eigenvalue weighted by atomic mass is 16.5. The lowest BCUT2D eigenvalue weighted by molar-refractivity contribution is 0.0474. The number of hydrogen-bond donors (Lipinski definition) is 0. The average Bonchev–Trinajstić information content (AvgIpc) is 3.30. The Morgan fingerprint density at radius 2 is 1.93 bits per heavy atom. The Kier molecular flexibility index (Phi) is 6.75. The largest absolute Gasteiger partial charge is 0.491 e. The van der Waals surface area contributed by atoms with Crippen molar-refractivity contribution in [3.8, 4) is 5.75 Å². The highest BCUT2D eigenvalue weighted by Gasteiger charge is 2.22. The van der Waals surface area contributed by atoms with Gasteiger partial charge in [0.25, 0.3) is 0 Å². The zero-order valence-electron chi connectivity index (χ0n) is 17.6. The number of carbonyl (C=O) groups excluding carboxylic acids is 2. The molecule has 0 saturated carbocycles. The van der Waals surface area contributed by atoms with Crippen molar-refractivity contribution in [2.24, 2.45) is 0 Å². The zero-order valence-corrected chi connectivity index (χ0v) is 17.6. The molecule has 1 fully saturated rings. The van der Waals surface area contributed by atoms with Gasteiger partial charge >= 0.3 is 5.97 Å². The minimum absolute atomic E-state index is 0.0599. The molecule has 0 amide bonds. The number of aryl methyl sites for hydroxylation is 1. The van der Waals surface area contributed by atoms with E-state index in [0.717, 1.165) is 37.4 Å². The van der Waals surface area contributed by atoms with E-state index in [1.165, 1.54) is 0 Å². The first-order chi connectivity index (χ1) is 13.8. The molecule has 156 valence electrons. The summed E-state index contributed by atoms with van der Waals surface area (Å²) in [7, 11) is 0. The molecule has 0 radical (unpaired) electrons. The van der Waals surface area contributed by atoms with Crippen molar-refractivity contribution < 1.29 is 23.8 Å². The maximum absolute atomic E-state index is 12.6. The number of esters is 1. The maximum Gasteiger partial charge on any atom is 0.338 e. The first-order valence-electron chi connectivity index (χ1n) is 10.1. The summed E-state index contributed by atoms with van der Waals surface area (Å²) in [6.45, 7) is 9.03. The van der Waals surface area contributed by atoms with E-state index in [9.17, 15) is 9.59 Å². The van der Waals surface area contributed by atoms with Gasteiger partial charge in [0.15, 0.2) is 6.61 Å². The van der Waals surface area contributed by atoms with E-state index in [0.29, 0.717) is 16.9 Å². The summed E-state index contributed by atoms with van der Waals surface area (Å²) in [6.07, 6.45) is 2.38. The number of ether oxygens (including phenoxy) is 3. The topological polar surface area (TPSA) is 66.8 Å². The van der Waals surface area contributed by atoms with Crippen molar-refractivity contribution in [3.05, 3.63) is 52.8 Å². The standard InChI is InChI=1S/C23H29NO5/c1-15(2)29-19-9-7-18(8-10-19)23(26)28-14-22(25)21-12-16(3)24(17(21)4)13-20-6-5-11-27-20/h7-10,12,15,20H,5-6,11,13-14H2,1-4H3/t20-/m0/s1. The molecule has 3 rings (SSSR count). The fraction of sp³-hybridized carbons (Fsp3) is 0.478. The number of Topliss-reactive ketones (excluding diaryl/α,β-unsaturated/α-hetero) is 1. The summed E-state index contributed by atoms with van der Waals surface area (Å²) in [5.41, 5.74) is 2.87. The van der Waals surface area contributed by atoms with E-state index >= 15 is 0 Å². The maximum atomic E-state index is 12.6. The summed E-state index contributed by atoms with van der Waals surface area (Å²) in [5.74, 6) is -0.0429. The summed E-state index contributed by atoms with van der Waals surface area (Å²) in [5, 5.41) is 0. The molecule has 0 aliphatic carbocycles.